The second kappa shape index (κ2) is 15.0. The zero-order chi connectivity index (χ0) is 30.0. The van der Waals surface area contributed by atoms with Gasteiger partial charge in [-0.25, -0.2) is 9.59 Å². The lowest BCUT2D eigenvalue weighted by molar-refractivity contribution is -0.870. The van der Waals surface area contributed by atoms with Gasteiger partial charge in [0.1, 0.15) is 18.7 Å². The van der Waals surface area contributed by atoms with E-state index in [0.717, 1.165) is 59.0 Å². The summed E-state index contributed by atoms with van der Waals surface area (Å²) < 4.78 is 12.0. The summed E-state index contributed by atoms with van der Waals surface area (Å²) in [6.45, 7) is 7.15. The standard InChI is InChI=1S/C33H47N3O5/c1-23(2)21-30(31(37)34-24(3)32(38)40-20-14-8-7-13-19-36(4,5)6)35-33(39)41-22-29-27-17-11-9-15-25(27)26-16-10-12-18-28(26)29/h9-12,15-18,23-24,29-30H,7-8,13-14,19-22H2,1-6H3,(H-,34,35,37,39)/p+1. The van der Waals surface area contributed by atoms with Crippen LogP contribution in [-0.2, 0) is 19.1 Å². The smallest absolute Gasteiger partial charge is 0.407 e. The van der Waals surface area contributed by atoms with Gasteiger partial charge in [0, 0.05) is 5.92 Å². The fourth-order valence-electron chi connectivity index (χ4n) is 5.20. The molecule has 8 heteroatoms. The van der Waals surface area contributed by atoms with Gasteiger partial charge in [0.05, 0.1) is 34.3 Å². The van der Waals surface area contributed by atoms with E-state index >= 15 is 0 Å². The first-order valence-corrected chi connectivity index (χ1v) is 14.8. The number of unbranched alkanes of at least 4 members (excludes halogenated alkanes) is 3. The number of nitrogens with zero attached hydrogens (tertiary/aromatic N) is 1. The summed E-state index contributed by atoms with van der Waals surface area (Å²) in [5.74, 6) is -0.844. The number of amides is 2. The molecule has 2 N–H and O–H groups in total. The van der Waals surface area contributed by atoms with Crippen LogP contribution in [-0.4, -0.2) is 75.4 Å². The summed E-state index contributed by atoms with van der Waals surface area (Å²) in [4.78, 5) is 38.4. The first-order valence-electron chi connectivity index (χ1n) is 14.8. The summed E-state index contributed by atoms with van der Waals surface area (Å²) in [7, 11) is 6.53. The maximum absolute atomic E-state index is 13.1. The molecule has 1 aliphatic carbocycles. The zero-order valence-electron chi connectivity index (χ0n) is 25.6. The van der Waals surface area contributed by atoms with Gasteiger partial charge in [-0.3, -0.25) is 4.79 Å². The minimum atomic E-state index is -0.831. The molecule has 2 atom stereocenters. The van der Waals surface area contributed by atoms with Crippen LogP contribution in [0.4, 0.5) is 4.79 Å². The van der Waals surface area contributed by atoms with E-state index in [1.165, 1.54) is 0 Å². The first kappa shape index (κ1) is 32.1. The monoisotopic (exact) mass is 566 g/mol. The maximum Gasteiger partial charge on any atom is 0.407 e. The van der Waals surface area contributed by atoms with Crippen LogP contribution in [0.15, 0.2) is 48.5 Å². The van der Waals surface area contributed by atoms with Gasteiger partial charge in [-0.1, -0.05) is 62.4 Å². The van der Waals surface area contributed by atoms with E-state index in [1.54, 1.807) is 6.92 Å². The molecule has 3 rings (SSSR count). The van der Waals surface area contributed by atoms with Crippen molar-refractivity contribution in [1.29, 1.82) is 0 Å². The minimum absolute atomic E-state index is 0.0713. The predicted octanol–water partition coefficient (Wildman–Crippen LogP) is 5.25. The van der Waals surface area contributed by atoms with Gasteiger partial charge < -0.3 is 24.6 Å². The molecule has 8 nitrogen and oxygen atoms in total. The summed E-state index contributed by atoms with van der Waals surface area (Å²) >= 11 is 0. The predicted molar refractivity (Wildman–Crippen MR) is 161 cm³/mol. The Kier molecular flexibility index (Phi) is 11.8. The van der Waals surface area contributed by atoms with Crippen LogP contribution in [0.2, 0.25) is 0 Å². The Morgan fingerprint density at radius 1 is 0.805 bits per heavy atom. The third kappa shape index (κ3) is 9.88. The molecule has 1 aliphatic rings. The van der Waals surface area contributed by atoms with Crippen molar-refractivity contribution in [3.63, 3.8) is 0 Å². The van der Waals surface area contributed by atoms with E-state index in [0.29, 0.717) is 13.0 Å². The van der Waals surface area contributed by atoms with Crippen molar-refractivity contribution in [1.82, 2.24) is 10.6 Å². The van der Waals surface area contributed by atoms with E-state index in [4.69, 9.17) is 9.47 Å². The van der Waals surface area contributed by atoms with Crippen molar-refractivity contribution in [2.45, 2.75) is 70.9 Å². The molecule has 0 saturated heterocycles. The number of nitrogens with one attached hydrogen (secondary N) is 2. The summed E-state index contributed by atoms with van der Waals surface area (Å²) in [6, 6.07) is 14.6. The largest absolute Gasteiger partial charge is 0.464 e. The molecule has 0 fully saturated rings. The molecule has 0 radical (unpaired) electrons. The highest BCUT2D eigenvalue weighted by atomic mass is 16.5. The average molecular weight is 567 g/mol. The molecular weight excluding hydrogens is 518 g/mol. The van der Waals surface area contributed by atoms with Crippen LogP contribution < -0.4 is 10.6 Å². The molecule has 0 spiro atoms. The Morgan fingerprint density at radius 2 is 1.39 bits per heavy atom. The second-order valence-electron chi connectivity index (χ2n) is 12.5. The van der Waals surface area contributed by atoms with E-state index in [-0.39, 0.29) is 18.4 Å². The number of carbonyl (C=O) groups excluding carboxylic acids is 3. The quantitative estimate of drug-likeness (QED) is 0.174. The van der Waals surface area contributed by atoms with E-state index in [2.05, 4.69) is 56.0 Å². The Labute approximate surface area is 245 Å². The van der Waals surface area contributed by atoms with Gasteiger partial charge in [0.25, 0.3) is 0 Å². The number of ether oxygens (including phenoxy) is 2. The molecule has 2 aromatic rings. The molecule has 224 valence electrons. The normalized spacial score (nSPS) is 14.1. The molecule has 2 amide bonds. The van der Waals surface area contributed by atoms with Crippen molar-refractivity contribution in [3.05, 3.63) is 59.7 Å². The molecule has 0 aliphatic heterocycles. The van der Waals surface area contributed by atoms with Crippen molar-refractivity contribution < 1.29 is 28.3 Å². The molecule has 2 unspecified atom stereocenters. The van der Waals surface area contributed by atoms with Gasteiger partial charge in [0.15, 0.2) is 0 Å². The van der Waals surface area contributed by atoms with E-state index in [9.17, 15) is 14.4 Å². The lowest BCUT2D eigenvalue weighted by atomic mass is 9.98. The maximum atomic E-state index is 13.1. The number of quaternary nitrogens is 1. The lowest BCUT2D eigenvalue weighted by Gasteiger charge is -2.23. The zero-order valence-corrected chi connectivity index (χ0v) is 25.6. The van der Waals surface area contributed by atoms with Gasteiger partial charge in [0.2, 0.25) is 5.91 Å². The third-order valence-corrected chi connectivity index (χ3v) is 7.34. The van der Waals surface area contributed by atoms with Gasteiger partial charge >= 0.3 is 12.1 Å². The molecule has 2 aromatic carbocycles. The van der Waals surface area contributed by atoms with E-state index < -0.39 is 30.1 Å². The van der Waals surface area contributed by atoms with Gasteiger partial charge in [-0.2, -0.15) is 0 Å². The number of carbonyl (C=O) groups is 3. The number of hydrogen-bond acceptors (Lipinski definition) is 5. The molecule has 0 aromatic heterocycles. The van der Waals surface area contributed by atoms with Crippen LogP contribution in [0.5, 0.6) is 0 Å². The fraction of sp³-hybridized carbons (Fsp3) is 0.545. The SMILES string of the molecule is CC(C)CC(NC(=O)OCC1c2ccccc2-c2ccccc21)C(=O)NC(C)C(=O)OCCCCCC[N+](C)(C)C. The van der Waals surface area contributed by atoms with Crippen LogP contribution in [0.3, 0.4) is 0 Å². The summed E-state index contributed by atoms with van der Waals surface area (Å²) in [6.07, 6.45) is 3.77. The first-order chi connectivity index (χ1) is 19.5. The minimum Gasteiger partial charge on any atom is -0.464 e. The molecule has 0 heterocycles. The highest BCUT2D eigenvalue weighted by Crippen LogP contribution is 2.44. The number of esters is 1. The second-order valence-corrected chi connectivity index (χ2v) is 12.5. The van der Waals surface area contributed by atoms with Crippen LogP contribution >= 0.6 is 0 Å². The van der Waals surface area contributed by atoms with Gasteiger partial charge in [-0.15, -0.1) is 0 Å². The molecule has 41 heavy (non-hydrogen) atoms. The van der Waals surface area contributed by atoms with Crippen LogP contribution in [0.1, 0.15) is 69.9 Å². The number of rotatable bonds is 15. The van der Waals surface area contributed by atoms with E-state index in [1.807, 2.05) is 38.1 Å². The lowest BCUT2D eigenvalue weighted by Crippen LogP contribution is -2.51. The topological polar surface area (TPSA) is 93.7 Å². The Morgan fingerprint density at radius 3 is 1.98 bits per heavy atom. The fourth-order valence-corrected chi connectivity index (χ4v) is 5.20. The Balaban J connectivity index is 1.46. The summed E-state index contributed by atoms with van der Waals surface area (Å²) in [5.41, 5.74) is 4.54. The highest BCUT2D eigenvalue weighted by Gasteiger charge is 2.30. The Hall–Kier alpha value is -3.39. The molecular formula is C33H48N3O5+. The number of hydrogen-bond donors (Lipinski definition) is 2. The average Bonchev–Trinajstić information content (AvgIpc) is 3.23. The highest BCUT2D eigenvalue weighted by molar-refractivity contribution is 5.89. The molecule has 0 saturated carbocycles. The van der Waals surface area contributed by atoms with Crippen LogP contribution in [0, 0.1) is 5.92 Å². The third-order valence-electron chi connectivity index (χ3n) is 7.34. The van der Waals surface area contributed by atoms with Crippen molar-refractivity contribution >= 4 is 18.0 Å². The van der Waals surface area contributed by atoms with Crippen molar-refractivity contribution in [2.24, 2.45) is 5.92 Å². The number of benzene rings is 2. The van der Waals surface area contributed by atoms with Crippen LogP contribution in [0.25, 0.3) is 11.1 Å². The Bertz CT molecular complexity index is 1130. The summed E-state index contributed by atoms with van der Waals surface area (Å²) in [5, 5.41) is 5.43. The molecule has 0 bridgehead atoms. The number of fused-ring (bicyclic) bond motifs is 3. The number of alkyl carbamates (subject to hydrolysis) is 1. The van der Waals surface area contributed by atoms with Crippen molar-refractivity contribution in [2.75, 3.05) is 40.9 Å². The van der Waals surface area contributed by atoms with Gasteiger partial charge in [-0.05, 0) is 67.2 Å². The van der Waals surface area contributed by atoms with Crippen molar-refractivity contribution in [3.8, 4) is 11.1 Å².